The van der Waals surface area contributed by atoms with Crippen LogP contribution in [0.4, 0.5) is 5.69 Å². The lowest BCUT2D eigenvalue weighted by Gasteiger charge is -2.28. The fourth-order valence-electron chi connectivity index (χ4n) is 2.04. The lowest BCUT2D eigenvalue weighted by molar-refractivity contribution is -0.142. The zero-order chi connectivity index (χ0) is 13.1. The molecule has 1 aromatic rings. The number of anilines is 1. The maximum Gasteiger partial charge on any atom is 0.326 e. The Labute approximate surface area is 110 Å². The molecule has 0 spiro atoms. The average Bonchev–Trinajstić information content (AvgIpc) is 2.33. The lowest BCUT2D eigenvalue weighted by atomic mass is 10.0. The van der Waals surface area contributed by atoms with Gasteiger partial charge in [-0.3, -0.25) is 9.59 Å². The molecule has 0 aliphatic carbocycles. The monoisotopic (exact) mass is 267 g/mol. The van der Waals surface area contributed by atoms with Gasteiger partial charge in [0.2, 0.25) is 5.91 Å². The van der Waals surface area contributed by atoms with E-state index in [1.165, 1.54) is 4.90 Å². The molecule has 0 aromatic heterocycles. The molecule has 5 heteroatoms. The van der Waals surface area contributed by atoms with Crippen molar-refractivity contribution in [1.82, 2.24) is 0 Å². The Kier molecular flexibility index (Phi) is 3.87. The molecule has 0 unspecified atom stereocenters. The van der Waals surface area contributed by atoms with Crippen molar-refractivity contribution in [3.05, 3.63) is 28.8 Å². The number of hydrogen-bond acceptors (Lipinski definition) is 3. The maximum absolute atomic E-state index is 11.9. The molecule has 1 aliphatic heterocycles. The van der Waals surface area contributed by atoms with E-state index >= 15 is 0 Å². The summed E-state index contributed by atoms with van der Waals surface area (Å²) < 4.78 is 4.87. The number of esters is 1. The first kappa shape index (κ1) is 12.9. The van der Waals surface area contributed by atoms with E-state index < -0.39 is 5.97 Å². The maximum atomic E-state index is 11.9. The molecule has 0 radical (unpaired) electrons. The summed E-state index contributed by atoms with van der Waals surface area (Å²) in [5.41, 5.74) is 1.75. The molecule has 0 bridgehead atoms. The zero-order valence-corrected chi connectivity index (χ0v) is 10.9. The number of halogens is 1. The molecule has 0 fully saturated rings. The molecule has 96 valence electrons. The van der Waals surface area contributed by atoms with E-state index in [0.717, 1.165) is 11.3 Å². The zero-order valence-electron chi connectivity index (χ0n) is 10.1. The van der Waals surface area contributed by atoms with Crippen molar-refractivity contribution in [3.63, 3.8) is 0 Å². The minimum Gasteiger partial charge on any atom is -0.465 e. The first-order valence-electron chi connectivity index (χ1n) is 5.86. The molecular weight excluding hydrogens is 254 g/mol. The van der Waals surface area contributed by atoms with Crippen LogP contribution in [-0.2, 0) is 20.7 Å². The molecule has 1 amide bonds. The second-order valence-corrected chi connectivity index (χ2v) is 4.49. The van der Waals surface area contributed by atoms with Gasteiger partial charge in [-0.25, -0.2) is 0 Å². The van der Waals surface area contributed by atoms with E-state index in [4.69, 9.17) is 16.3 Å². The number of hydrogen-bond donors (Lipinski definition) is 0. The third-order valence-corrected chi connectivity index (χ3v) is 3.07. The SMILES string of the molecule is CCOC(=O)CN1C(=O)CCc2cc(Cl)ccc21. The summed E-state index contributed by atoms with van der Waals surface area (Å²) >= 11 is 5.92. The van der Waals surface area contributed by atoms with Gasteiger partial charge in [0.05, 0.1) is 6.61 Å². The van der Waals surface area contributed by atoms with Crippen LogP contribution < -0.4 is 4.90 Å². The average molecular weight is 268 g/mol. The van der Waals surface area contributed by atoms with Gasteiger partial charge < -0.3 is 9.64 Å². The molecular formula is C13H14ClNO3. The van der Waals surface area contributed by atoms with Crippen molar-refractivity contribution < 1.29 is 14.3 Å². The van der Waals surface area contributed by atoms with Crippen LogP contribution in [0.1, 0.15) is 18.9 Å². The number of fused-ring (bicyclic) bond motifs is 1. The number of ether oxygens (including phenoxy) is 1. The van der Waals surface area contributed by atoms with Gasteiger partial charge in [0.15, 0.2) is 0 Å². The first-order chi connectivity index (χ1) is 8.61. The summed E-state index contributed by atoms with van der Waals surface area (Å²) in [6, 6.07) is 5.33. The van der Waals surface area contributed by atoms with Gasteiger partial charge in [0.25, 0.3) is 0 Å². The molecule has 18 heavy (non-hydrogen) atoms. The van der Waals surface area contributed by atoms with Crippen molar-refractivity contribution in [2.45, 2.75) is 19.8 Å². The van der Waals surface area contributed by atoms with Gasteiger partial charge in [-0.1, -0.05) is 11.6 Å². The van der Waals surface area contributed by atoms with Gasteiger partial charge in [0.1, 0.15) is 6.54 Å². The van der Waals surface area contributed by atoms with Crippen molar-refractivity contribution >= 4 is 29.2 Å². The molecule has 1 aliphatic rings. The summed E-state index contributed by atoms with van der Waals surface area (Å²) in [5.74, 6) is -0.452. The highest BCUT2D eigenvalue weighted by Gasteiger charge is 2.26. The van der Waals surface area contributed by atoms with Crippen LogP contribution in [0, 0.1) is 0 Å². The van der Waals surface area contributed by atoms with Crippen LogP contribution in [-0.4, -0.2) is 25.0 Å². The predicted octanol–water partition coefficient (Wildman–Crippen LogP) is 2.18. The van der Waals surface area contributed by atoms with E-state index in [1.54, 1.807) is 19.1 Å². The Morgan fingerprint density at radius 1 is 1.44 bits per heavy atom. The molecule has 0 saturated carbocycles. The van der Waals surface area contributed by atoms with Crippen molar-refractivity contribution in [3.8, 4) is 0 Å². The number of amides is 1. The van der Waals surface area contributed by atoms with Crippen LogP contribution in [0.3, 0.4) is 0 Å². The molecule has 0 atom stereocenters. The van der Waals surface area contributed by atoms with E-state index in [9.17, 15) is 9.59 Å². The smallest absolute Gasteiger partial charge is 0.326 e. The summed E-state index contributed by atoms with van der Waals surface area (Å²) in [7, 11) is 0. The van der Waals surface area contributed by atoms with Gasteiger partial charge in [-0.05, 0) is 37.1 Å². The van der Waals surface area contributed by atoms with Crippen LogP contribution in [0.2, 0.25) is 5.02 Å². The number of carbonyl (C=O) groups excluding carboxylic acids is 2. The highest BCUT2D eigenvalue weighted by molar-refractivity contribution is 6.30. The minimum atomic E-state index is -0.395. The Hall–Kier alpha value is -1.55. The summed E-state index contributed by atoms with van der Waals surface area (Å²) in [4.78, 5) is 24.8. The Balaban J connectivity index is 2.25. The highest BCUT2D eigenvalue weighted by atomic mass is 35.5. The van der Waals surface area contributed by atoms with Crippen LogP contribution in [0.15, 0.2) is 18.2 Å². The Morgan fingerprint density at radius 3 is 2.94 bits per heavy atom. The van der Waals surface area contributed by atoms with Crippen LogP contribution >= 0.6 is 11.6 Å². The van der Waals surface area contributed by atoms with E-state index in [-0.39, 0.29) is 12.5 Å². The predicted molar refractivity (Wildman–Crippen MR) is 68.8 cm³/mol. The van der Waals surface area contributed by atoms with Crippen LogP contribution in [0.25, 0.3) is 0 Å². The second-order valence-electron chi connectivity index (χ2n) is 4.06. The summed E-state index contributed by atoms with van der Waals surface area (Å²) in [5, 5.41) is 0.638. The van der Waals surface area contributed by atoms with Gasteiger partial charge >= 0.3 is 5.97 Å². The lowest BCUT2D eigenvalue weighted by Crippen LogP contribution is -2.39. The molecule has 4 nitrogen and oxygen atoms in total. The Morgan fingerprint density at radius 2 is 2.22 bits per heavy atom. The quantitative estimate of drug-likeness (QED) is 0.789. The summed E-state index contributed by atoms with van der Waals surface area (Å²) in [6.45, 7) is 2.01. The topological polar surface area (TPSA) is 46.6 Å². The minimum absolute atomic E-state index is 0.0404. The number of nitrogens with zero attached hydrogens (tertiary/aromatic N) is 1. The Bertz CT molecular complexity index is 487. The van der Waals surface area contributed by atoms with E-state index in [0.29, 0.717) is 24.5 Å². The highest BCUT2D eigenvalue weighted by Crippen LogP contribution is 2.30. The van der Waals surface area contributed by atoms with Crippen LogP contribution in [0.5, 0.6) is 0 Å². The van der Waals surface area contributed by atoms with Crippen molar-refractivity contribution in [1.29, 1.82) is 0 Å². The first-order valence-corrected chi connectivity index (χ1v) is 6.24. The van der Waals surface area contributed by atoms with Gasteiger partial charge in [-0.15, -0.1) is 0 Å². The molecule has 1 aromatic carbocycles. The van der Waals surface area contributed by atoms with E-state index in [1.807, 2.05) is 6.07 Å². The molecule has 0 N–H and O–H groups in total. The number of aryl methyl sites for hydroxylation is 1. The molecule has 1 heterocycles. The second kappa shape index (κ2) is 5.40. The third kappa shape index (κ3) is 2.64. The normalized spacial score (nSPS) is 14.3. The standard InChI is InChI=1S/C13H14ClNO3/c1-2-18-13(17)8-15-11-5-4-10(14)7-9(11)3-6-12(15)16/h4-5,7H,2-3,6,8H2,1H3. The van der Waals surface area contributed by atoms with E-state index in [2.05, 4.69) is 0 Å². The van der Waals surface area contributed by atoms with Crippen molar-refractivity contribution in [2.75, 3.05) is 18.1 Å². The molecule has 0 saturated heterocycles. The fraction of sp³-hybridized carbons (Fsp3) is 0.385. The van der Waals surface area contributed by atoms with Gasteiger partial charge in [-0.2, -0.15) is 0 Å². The molecule has 2 rings (SSSR count). The third-order valence-electron chi connectivity index (χ3n) is 2.83. The number of benzene rings is 1. The number of rotatable bonds is 3. The van der Waals surface area contributed by atoms with Gasteiger partial charge in [0, 0.05) is 17.1 Å². The summed E-state index contributed by atoms with van der Waals surface area (Å²) in [6.07, 6.45) is 1.06. The number of carbonyl (C=O) groups is 2. The van der Waals surface area contributed by atoms with Crippen molar-refractivity contribution in [2.24, 2.45) is 0 Å². The fourth-order valence-corrected chi connectivity index (χ4v) is 2.23. The largest absolute Gasteiger partial charge is 0.465 e.